The van der Waals surface area contributed by atoms with Crippen LogP contribution in [0.3, 0.4) is 0 Å². The van der Waals surface area contributed by atoms with Gasteiger partial charge in [0.15, 0.2) is 0 Å². The number of aryl methyl sites for hydroxylation is 1. The van der Waals surface area contributed by atoms with Gasteiger partial charge in [0.1, 0.15) is 5.75 Å². The predicted octanol–water partition coefficient (Wildman–Crippen LogP) is 4.21. The lowest BCUT2D eigenvalue weighted by atomic mass is 9.93. The van der Waals surface area contributed by atoms with Crippen molar-refractivity contribution in [1.29, 1.82) is 5.26 Å². The minimum Gasteiger partial charge on any atom is -0.493 e. The van der Waals surface area contributed by atoms with Crippen LogP contribution in [0.15, 0.2) is 52.4 Å². The lowest BCUT2D eigenvalue weighted by Crippen LogP contribution is -2.30. The van der Waals surface area contributed by atoms with Crippen molar-refractivity contribution in [1.82, 2.24) is 5.32 Å². The molecule has 1 N–H and O–H groups in total. The van der Waals surface area contributed by atoms with Crippen molar-refractivity contribution in [3.63, 3.8) is 0 Å². The second-order valence-electron chi connectivity index (χ2n) is 5.68. The summed E-state index contributed by atoms with van der Waals surface area (Å²) in [6.07, 6.45) is 0.327. The summed E-state index contributed by atoms with van der Waals surface area (Å²) in [5.74, 6) is 1.30. The van der Waals surface area contributed by atoms with Crippen molar-refractivity contribution in [2.75, 3.05) is 12.4 Å². The van der Waals surface area contributed by atoms with Gasteiger partial charge in [0.25, 0.3) is 0 Å². The second kappa shape index (κ2) is 8.24. The molecule has 0 saturated heterocycles. The van der Waals surface area contributed by atoms with E-state index in [1.54, 1.807) is 11.3 Å². The number of allylic oxidation sites excluding steroid dienone is 1. The molecule has 1 aliphatic heterocycles. The highest BCUT2D eigenvalue weighted by Gasteiger charge is 2.30. The molecule has 0 aliphatic carbocycles. The van der Waals surface area contributed by atoms with Gasteiger partial charge in [-0.25, -0.2) is 0 Å². The van der Waals surface area contributed by atoms with E-state index < -0.39 is 0 Å². The van der Waals surface area contributed by atoms with Crippen LogP contribution in [0.25, 0.3) is 0 Å². The molecule has 25 heavy (non-hydrogen) atoms. The van der Waals surface area contributed by atoms with Gasteiger partial charge < -0.3 is 10.1 Å². The number of rotatable bonds is 6. The molecule has 1 aromatic carbocycles. The molecule has 1 aromatic heterocycles. The third kappa shape index (κ3) is 4.44. The lowest BCUT2D eigenvalue weighted by Gasteiger charge is -2.24. The van der Waals surface area contributed by atoms with Crippen LogP contribution in [0.4, 0.5) is 0 Å². The predicted molar refractivity (Wildman–Crippen MR) is 102 cm³/mol. The van der Waals surface area contributed by atoms with Crippen LogP contribution in [0.5, 0.6) is 5.75 Å². The zero-order chi connectivity index (χ0) is 17.6. The SMILES string of the molecule is Cc1ccc(OCCSC2=C(C#N)[C@@H](c3cccs3)CC(=O)N2)cc1. The van der Waals surface area contributed by atoms with Crippen molar-refractivity contribution >= 4 is 29.0 Å². The molecule has 2 heterocycles. The highest BCUT2D eigenvalue weighted by atomic mass is 32.2. The van der Waals surface area contributed by atoms with Gasteiger partial charge >= 0.3 is 0 Å². The summed E-state index contributed by atoms with van der Waals surface area (Å²) in [7, 11) is 0. The van der Waals surface area contributed by atoms with E-state index in [2.05, 4.69) is 11.4 Å². The summed E-state index contributed by atoms with van der Waals surface area (Å²) in [4.78, 5) is 13.1. The molecule has 0 unspecified atom stereocenters. The van der Waals surface area contributed by atoms with Gasteiger partial charge in [0.2, 0.25) is 5.91 Å². The zero-order valence-electron chi connectivity index (χ0n) is 13.8. The molecule has 0 radical (unpaired) electrons. The Labute approximate surface area is 155 Å². The molecule has 0 spiro atoms. The number of nitrogens with one attached hydrogen (secondary N) is 1. The van der Waals surface area contributed by atoms with Gasteiger partial charge in [-0.15, -0.1) is 23.1 Å². The normalized spacial score (nSPS) is 17.1. The standard InChI is InChI=1S/C19H18N2O2S2/c1-13-4-6-14(7-5-13)23-8-10-25-19-16(12-20)15(11-18(22)21-19)17-3-2-9-24-17/h2-7,9,15H,8,10-11H2,1H3,(H,21,22)/t15-/m0/s1. The molecule has 0 bridgehead atoms. The minimum absolute atomic E-state index is 0.0423. The summed E-state index contributed by atoms with van der Waals surface area (Å²) in [5, 5.41) is 15.1. The van der Waals surface area contributed by atoms with E-state index in [-0.39, 0.29) is 11.8 Å². The molecular weight excluding hydrogens is 352 g/mol. The third-order valence-electron chi connectivity index (χ3n) is 3.86. The Morgan fingerprint density at radius 3 is 2.84 bits per heavy atom. The smallest absolute Gasteiger partial charge is 0.225 e. The molecule has 1 aliphatic rings. The van der Waals surface area contributed by atoms with Gasteiger partial charge in [-0.05, 0) is 30.5 Å². The first kappa shape index (κ1) is 17.6. The van der Waals surface area contributed by atoms with Crippen LogP contribution in [0.1, 0.15) is 22.8 Å². The molecule has 6 heteroatoms. The van der Waals surface area contributed by atoms with Gasteiger partial charge in [-0.1, -0.05) is 23.8 Å². The first-order chi connectivity index (χ1) is 12.2. The summed E-state index contributed by atoms with van der Waals surface area (Å²) >= 11 is 3.04. The molecular formula is C19H18N2O2S2. The maximum Gasteiger partial charge on any atom is 0.225 e. The van der Waals surface area contributed by atoms with E-state index in [9.17, 15) is 10.1 Å². The van der Waals surface area contributed by atoms with Crippen LogP contribution in [0, 0.1) is 18.3 Å². The number of thioether (sulfide) groups is 1. The fourth-order valence-electron chi connectivity index (χ4n) is 2.60. The number of thiophene rings is 1. The summed E-state index contributed by atoms with van der Waals surface area (Å²) in [5.41, 5.74) is 1.83. The van der Waals surface area contributed by atoms with Gasteiger partial charge in [0, 0.05) is 23.0 Å². The number of hydrogen-bond acceptors (Lipinski definition) is 5. The number of carbonyl (C=O) groups excluding carboxylic acids is 1. The van der Waals surface area contributed by atoms with E-state index in [1.165, 1.54) is 17.3 Å². The quantitative estimate of drug-likeness (QED) is 0.774. The summed E-state index contributed by atoms with van der Waals surface area (Å²) < 4.78 is 5.71. The van der Waals surface area contributed by atoms with Crippen molar-refractivity contribution < 1.29 is 9.53 Å². The topological polar surface area (TPSA) is 62.1 Å². The van der Waals surface area contributed by atoms with Crippen molar-refractivity contribution in [3.8, 4) is 11.8 Å². The zero-order valence-corrected chi connectivity index (χ0v) is 15.5. The first-order valence-corrected chi connectivity index (χ1v) is 9.83. The molecule has 2 aromatic rings. The molecule has 128 valence electrons. The number of nitrogens with zero attached hydrogens (tertiary/aromatic N) is 1. The minimum atomic E-state index is -0.140. The third-order valence-corrected chi connectivity index (χ3v) is 5.83. The Morgan fingerprint density at radius 1 is 1.36 bits per heavy atom. The number of nitriles is 1. The Morgan fingerprint density at radius 2 is 2.16 bits per heavy atom. The van der Waals surface area contributed by atoms with Crippen molar-refractivity contribution in [3.05, 3.63) is 62.8 Å². The van der Waals surface area contributed by atoms with Crippen LogP contribution in [0.2, 0.25) is 0 Å². The van der Waals surface area contributed by atoms with Crippen molar-refractivity contribution in [2.45, 2.75) is 19.3 Å². The van der Waals surface area contributed by atoms with Crippen LogP contribution < -0.4 is 10.1 Å². The highest BCUT2D eigenvalue weighted by molar-refractivity contribution is 8.03. The van der Waals surface area contributed by atoms with E-state index in [0.717, 1.165) is 10.6 Å². The lowest BCUT2D eigenvalue weighted by molar-refractivity contribution is -0.120. The Bertz CT molecular complexity index is 805. The van der Waals surface area contributed by atoms with E-state index in [1.807, 2.05) is 48.7 Å². The molecule has 0 saturated carbocycles. The number of carbonyl (C=O) groups is 1. The summed E-state index contributed by atoms with van der Waals surface area (Å²) in [6, 6.07) is 14.1. The maximum atomic E-state index is 12.0. The number of amides is 1. The molecule has 1 atom stereocenters. The molecule has 4 nitrogen and oxygen atoms in total. The Balaban J connectivity index is 1.63. The monoisotopic (exact) mass is 370 g/mol. The van der Waals surface area contributed by atoms with Gasteiger partial charge in [0.05, 0.1) is 23.3 Å². The largest absolute Gasteiger partial charge is 0.493 e. The number of hydrogen-bond donors (Lipinski definition) is 1. The van der Waals surface area contributed by atoms with Crippen LogP contribution in [-0.2, 0) is 4.79 Å². The van der Waals surface area contributed by atoms with Gasteiger partial charge in [-0.3, -0.25) is 4.79 Å². The fourth-order valence-corrected chi connectivity index (χ4v) is 4.34. The average Bonchev–Trinajstić information content (AvgIpc) is 3.14. The first-order valence-electron chi connectivity index (χ1n) is 7.97. The van der Waals surface area contributed by atoms with Crippen LogP contribution >= 0.6 is 23.1 Å². The molecule has 0 fully saturated rings. The van der Waals surface area contributed by atoms with Crippen LogP contribution in [-0.4, -0.2) is 18.3 Å². The van der Waals surface area contributed by atoms with E-state index in [0.29, 0.717) is 29.4 Å². The molecule has 1 amide bonds. The van der Waals surface area contributed by atoms with E-state index >= 15 is 0 Å². The summed E-state index contributed by atoms with van der Waals surface area (Å²) in [6.45, 7) is 2.54. The fraction of sp³-hybridized carbons (Fsp3) is 0.263. The van der Waals surface area contributed by atoms with E-state index in [4.69, 9.17) is 4.74 Å². The molecule has 3 rings (SSSR count). The Hall–Kier alpha value is -2.23. The average molecular weight is 370 g/mol. The van der Waals surface area contributed by atoms with Crippen molar-refractivity contribution in [2.24, 2.45) is 0 Å². The van der Waals surface area contributed by atoms with Gasteiger partial charge in [-0.2, -0.15) is 5.26 Å². The maximum absolute atomic E-state index is 12.0. The second-order valence-corrected chi connectivity index (χ2v) is 7.77. The Kier molecular flexibility index (Phi) is 5.79. The highest BCUT2D eigenvalue weighted by Crippen LogP contribution is 2.37. The number of benzene rings is 1. The number of ether oxygens (including phenoxy) is 1.